The van der Waals surface area contributed by atoms with Gasteiger partial charge in [0, 0.05) is 0 Å². The topological polar surface area (TPSA) is 44.5 Å². The predicted octanol–water partition coefficient (Wildman–Crippen LogP) is 2.98. The third kappa shape index (κ3) is 3.42. The van der Waals surface area contributed by atoms with Gasteiger partial charge in [-0.15, -0.1) is 0 Å². The number of nitrogen functional groups attached to an aromatic ring is 1. The molecule has 0 radical (unpaired) electrons. The standard InChI is InChI=1S/C13H21NO2/c1-5-13(2,3)16-9-10-6-7-12(15-4)11(14)8-10/h6-8H,5,9,14H2,1-4H3. The normalized spacial score (nSPS) is 11.5. The van der Waals surface area contributed by atoms with E-state index in [9.17, 15) is 0 Å². The summed E-state index contributed by atoms with van der Waals surface area (Å²) < 4.78 is 10.9. The highest BCUT2D eigenvalue weighted by atomic mass is 16.5. The van der Waals surface area contributed by atoms with E-state index in [0.29, 0.717) is 18.0 Å². The van der Waals surface area contributed by atoms with Crippen molar-refractivity contribution in [2.75, 3.05) is 12.8 Å². The fourth-order valence-electron chi connectivity index (χ4n) is 1.25. The molecule has 0 aliphatic rings. The SMILES string of the molecule is CCC(C)(C)OCc1ccc(OC)c(N)c1. The van der Waals surface area contributed by atoms with Gasteiger partial charge in [-0.25, -0.2) is 0 Å². The predicted molar refractivity (Wildman–Crippen MR) is 66.6 cm³/mol. The van der Waals surface area contributed by atoms with Gasteiger partial charge in [-0.1, -0.05) is 13.0 Å². The highest BCUT2D eigenvalue weighted by Crippen LogP contribution is 2.23. The molecule has 2 N–H and O–H groups in total. The van der Waals surface area contributed by atoms with Gasteiger partial charge < -0.3 is 15.2 Å². The molecule has 1 rings (SSSR count). The monoisotopic (exact) mass is 223 g/mol. The van der Waals surface area contributed by atoms with E-state index in [0.717, 1.165) is 12.0 Å². The molecule has 0 aliphatic carbocycles. The Bertz CT molecular complexity index is 348. The van der Waals surface area contributed by atoms with Gasteiger partial charge >= 0.3 is 0 Å². The highest BCUT2D eigenvalue weighted by molar-refractivity contribution is 5.54. The van der Waals surface area contributed by atoms with Crippen molar-refractivity contribution in [2.24, 2.45) is 0 Å². The Morgan fingerprint density at radius 2 is 2.00 bits per heavy atom. The summed E-state index contributed by atoms with van der Waals surface area (Å²) in [4.78, 5) is 0. The molecule has 1 aromatic carbocycles. The van der Waals surface area contributed by atoms with Gasteiger partial charge in [-0.05, 0) is 38.0 Å². The number of ether oxygens (including phenoxy) is 2. The van der Waals surface area contributed by atoms with Gasteiger partial charge in [0.15, 0.2) is 0 Å². The maximum atomic E-state index is 5.82. The molecule has 0 amide bonds. The molecule has 0 saturated carbocycles. The van der Waals surface area contributed by atoms with Crippen molar-refractivity contribution in [2.45, 2.75) is 39.4 Å². The molecular weight excluding hydrogens is 202 g/mol. The zero-order chi connectivity index (χ0) is 12.2. The second-order valence-corrected chi connectivity index (χ2v) is 4.48. The van der Waals surface area contributed by atoms with Crippen molar-refractivity contribution in [3.05, 3.63) is 23.8 Å². The molecule has 0 atom stereocenters. The van der Waals surface area contributed by atoms with E-state index < -0.39 is 0 Å². The molecule has 0 bridgehead atoms. The summed E-state index contributed by atoms with van der Waals surface area (Å²) >= 11 is 0. The van der Waals surface area contributed by atoms with Gasteiger partial charge in [-0.3, -0.25) is 0 Å². The first-order valence-electron chi connectivity index (χ1n) is 5.55. The summed E-state index contributed by atoms with van der Waals surface area (Å²) in [6, 6.07) is 5.73. The molecule has 0 aliphatic heterocycles. The molecule has 0 fully saturated rings. The van der Waals surface area contributed by atoms with Crippen LogP contribution in [0.15, 0.2) is 18.2 Å². The molecule has 0 aromatic heterocycles. The van der Waals surface area contributed by atoms with E-state index in [1.54, 1.807) is 7.11 Å². The van der Waals surface area contributed by atoms with E-state index >= 15 is 0 Å². The van der Waals surface area contributed by atoms with Crippen LogP contribution in [-0.2, 0) is 11.3 Å². The van der Waals surface area contributed by atoms with E-state index in [2.05, 4.69) is 20.8 Å². The molecule has 90 valence electrons. The lowest BCUT2D eigenvalue weighted by atomic mass is 10.1. The zero-order valence-electron chi connectivity index (χ0n) is 10.5. The zero-order valence-corrected chi connectivity index (χ0v) is 10.5. The lowest BCUT2D eigenvalue weighted by molar-refractivity contribution is -0.0316. The third-order valence-corrected chi connectivity index (χ3v) is 2.78. The summed E-state index contributed by atoms with van der Waals surface area (Å²) in [6.07, 6.45) is 0.985. The van der Waals surface area contributed by atoms with E-state index in [-0.39, 0.29) is 5.60 Å². The van der Waals surface area contributed by atoms with Gasteiger partial charge in [-0.2, -0.15) is 0 Å². The first kappa shape index (κ1) is 12.8. The van der Waals surface area contributed by atoms with Crippen LogP contribution in [0.5, 0.6) is 5.75 Å². The fourth-order valence-corrected chi connectivity index (χ4v) is 1.25. The summed E-state index contributed by atoms with van der Waals surface area (Å²) in [6.45, 7) is 6.86. The molecule has 1 aromatic rings. The van der Waals surface area contributed by atoms with Gasteiger partial charge in [0.1, 0.15) is 5.75 Å². The quantitative estimate of drug-likeness (QED) is 0.780. The molecule has 16 heavy (non-hydrogen) atoms. The Balaban J connectivity index is 2.65. The van der Waals surface area contributed by atoms with Crippen LogP contribution in [0.25, 0.3) is 0 Å². The maximum Gasteiger partial charge on any atom is 0.141 e. The smallest absolute Gasteiger partial charge is 0.141 e. The number of rotatable bonds is 5. The van der Waals surface area contributed by atoms with Crippen LogP contribution in [0, 0.1) is 0 Å². The summed E-state index contributed by atoms with van der Waals surface area (Å²) in [5.41, 5.74) is 7.45. The summed E-state index contributed by atoms with van der Waals surface area (Å²) in [5.74, 6) is 0.707. The highest BCUT2D eigenvalue weighted by Gasteiger charge is 2.15. The summed E-state index contributed by atoms with van der Waals surface area (Å²) in [7, 11) is 1.61. The first-order valence-corrected chi connectivity index (χ1v) is 5.55. The van der Waals surface area contributed by atoms with Crippen molar-refractivity contribution < 1.29 is 9.47 Å². The van der Waals surface area contributed by atoms with Crippen molar-refractivity contribution >= 4 is 5.69 Å². The second kappa shape index (κ2) is 5.21. The van der Waals surface area contributed by atoms with Crippen molar-refractivity contribution in [1.82, 2.24) is 0 Å². The van der Waals surface area contributed by atoms with Crippen LogP contribution in [-0.4, -0.2) is 12.7 Å². The summed E-state index contributed by atoms with van der Waals surface area (Å²) in [5, 5.41) is 0. The number of anilines is 1. The molecule has 3 heteroatoms. The third-order valence-electron chi connectivity index (χ3n) is 2.78. The van der Waals surface area contributed by atoms with Crippen LogP contribution >= 0.6 is 0 Å². The number of hydrogen-bond acceptors (Lipinski definition) is 3. The van der Waals surface area contributed by atoms with Crippen LogP contribution < -0.4 is 10.5 Å². The van der Waals surface area contributed by atoms with Gasteiger partial charge in [0.25, 0.3) is 0 Å². The van der Waals surface area contributed by atoms with Gasteiger partial charge in [0.05, 0.1) is 25.0 Å². The minimum atomic E-state index is -0.0886. The van der Waals surface area contributed by atoms with Crippen molar-refractivity contribution in [3.63, 3.8) is 0 Å². The number of nitrogens with two attached hydrogens (primary N) is 1. The second-order valence-electron chi connectivity index (χ2n) is 4.48. The Morgan fingerprint density at radius 1 is 1.31 bits per heavy atom. The van der Waals surface area contributed by atoms with Crippen LogP contribution in [0.4, 0.5) is 5.69 Å². The fraction of sp³-hybridized carbons (Fsp3) is 0.538. The molecule has 3 nitrogen and oxygen atoms in total. The van der Waals surface area contributed by atoms with Crippen LogP contribution in [0.3, 0.4) is 0 Å². The Kier molecular flexibility index (Phi) is 4.19. The maximum absolute atomic E-state index is 5.82. The minimum Gasteiger partial charge on any atom is -0.495 e. The van der Waals surface area contributed by atoms with Gasteiger partial charge in [0.2, 0.25) is 0 Å². The molecule has 0 heterocycles. The van der Waals surface area contributed by atoms with Crippen molar-refractivity contribution in [1.29, 1.82) is 0 Å². The molecule has 0 spiro atoms. The molecule has 0 unspecified atom stereocenters. The largest absolute Gasteiger partial charge is 0.495 e. The Hall–Kier alpha value is -1.22. The minimum absolute atomic E-state index is 0.0886. The lowest BCUT2D eigenvalue weighted by Crippen LogP contribution is -2.22. The van der Waals surface area contributed by atoms with Crippen molar-refractivity contribution in [3.8, 4) is 5.75 Å². The number of methoxy groups -OCH3 is 1. The van der Waals surface area contributed by atoms with E-state index in [4.69, 9.17) is 15.2 Å². The van der Waals surface area contributed by atoms with Crippen LogP contribution in [0.2, 0.25) is 0 Å². The average Bonchev–Trinajstić information content (AvgIpc) is 2.27. The first-order chi connectivity index (χ1) is 7.48. The Labute approximate surface area is 97.6 Å². The average molecular weight is 223 g/mol. The molecule has 0 saturated heterocycles. The Morgan fingerprint density at radius 3 is 2.50 bits per heavy atom. The molecular formula is C13H21NO2. The lowest BCUT2D eigenvalue weighted by Gasteiger charge is -2.23. The van der Waals surface area contributed by atoms with E-state index in [1.807, 2.05) is 18.2 Å². The van der Waals surface area contributed by atoms with E-state index in [1.165, 1.54) is 0 Å². The number of hydrogen-bond donors (Lipinski definition) is 1. The van der Waals surface area contributed by atoms with Crippen LogP contribution in [0.1, 0.15) is 32.8 Å². The number of benzene rings is 1.